The highest BCUT2D eigenvalue weighted by molar-refractivity contribution is 5.96. The van der Waals surface area contributed by atoms with Crippen molar-refractivity contribution >= 4 is 23.6 Å². The summed E-state index contributed by atoms with van der Waals surface area (Å²) in [4.78, 5) is 47.3. The Morgan fingerprint density at radius 1 is 1.00 bits per heavy atom. The van der Waals surface area contributed by atoms with Crippen LogP contribution in [0.25, 0.3) is 0 Å². The summed E-state index contributed by atoms with van der Waals surface area (Å²) < 4.78 is 18.3. The number of ether oxygens (including phenoxy) is 1. The zero-order chi connectivity index (χ0) is 21.2. The number of benzene rings is 2. The molecule has 2 rings (SSSR count). The van der Waals surface area contributed by atoms with E-state index in [0.29, 0.717) is 6.42 Å². The zero-order valence-electron chi connectivity index (χ0n) is 15.8. The van der Waals surface area contributed by atoms with Crippen molar-refractivity contribution < 1.29 is 28.3 Å². The molecule has 1 atom stereocenters. The summed E-state index contributed by atoms with van der Waals surface area (Å²) in [6.45, 7) is 0.228. The Labute approximate surface area is 167 Å². The lowest BCUT2D eigenvalue weighted by atomic mass is 10.0. The van der Waals surface area contributed by atoms with E-state index in [4.69, 9.17) is 4.74 Å². The number of esters is 1. The molecule has 0 unspecified atom stereocenters. The Balaban J connectivity index is 1.77. The van der Waals surface area contributed by atoms with E-state index in [2.05, 4.69) is 10.6 Å². The summed E-state index contributed by atoms with van der Waals surface area (Å²) in [5, 5.41) is 4.73. The zero-order valence-corrected chi connectivity index (χ0v) is 15.8. The third-order valence-electron chi connectivity index (χ3n) is 3.98. The van der Waals surface area contributed by atoms with Crippen molar-refractivity contribution in [3.8, 4) is 0 Å². The Bertz CT molecular complexity index is 886. The summed E-state index contributed by atoms with van der Waals surface area (Å²) in [7, 11) is 0. The van der Waals surface area contributed by atoms with E-state index in [1.54, 1.807) is 0 Å². The number of hydrogen-bond donors (Lipinski definition) is 2. The SMILES string of the molecule is CC(=O)[C@H](Cc1ccccc1)NC(=O)COC(=O)CNC(=O)c1ccccc1F. The van der Waals surface area contributed by atoms with Gasteiger partial charge in [0.25, 0.3) is 11.8 Å². The van der Waals surface area contributed by atoms with Crippen LogP contribution in [0.2, 0.25) is 0 Å². The van der Waals surface area contributed by atoms with Gasteiger partial charge < -0.3 is 15.4 Å². The lowest BCUT2D eigenvalue weighted by molar-refractivity contribution is -0.147. The smallest absolute Gasteiger partial charge is 0.325 e. The first-order valence-corrected chi connectivity index (χ1v) is 8.89. The fourth-order valence-corrected chi connectivity index (χ4v) is 2.47. The van der Waals surface area contributed by atoms with Crippen LogP contribution in [-0.4, -0.2) is 42.8 Å². The quantitative estimate of drug-likeness (QED) is 0.620. The highest BCUT2D eigenvalue weighted by Crippen LogP contribution is 2.06. The molecule has 0 saturated heterocycles. The number of carbonyl (C=O) groups is 4. The van der Waals surface area contributed by atoms with Gasteiger partial charge in [-0.25, -0.2) is 4.39 Å². The standard InChI is InChI=1S/C21H21FN2O5/c1-14(25)18(11-15-7-3-2-4-8-15)24-19(26)13-29-20(27)12-23-21(28)16-9-5-6-10-17(16)22/h2-10,18H,11-13H2,1H3,(H,23,28)(H,24,26)/t18-/m0/s1. The summed E-state index contributed by atoms with van der Waals surface area (Å²) in [6.07, 6.45) is 0.314. The van der Waals surface area contributed by atoms with Gasteiger partial charge in [0, 0.05) is 0 Å². The van der Waals surface area contributed by atoms with Crippen LogP contribution in [0.5, 0.6) is 0 Å². The molecule has 29 heavy (non-hydrogen) atoms. The van der Waals surface area contributed by atoms with Crippen molar-refractivity contribution in [3.05, 3.63) is 71.5 Å². The second-order valence-electron chi connectivity index (χ2n) is 6.24. The average molecular weight is 400 g/mol. The van der Waals surface area contributed by atoms with E-state index >= 15 is 0 Å². The van der Waals surface area contributed by atoms with Crippen molar-refractivity contribution in [2.24, 2.45) is 0 Å². The molecule has 0 aromatic heterocycles. The van der Waals surface area contributed by atoms with Crippen LogP contribution >= 0.6 is 0 Å². The number of halogens is 1. The van der Waals surface area contributed by atoms with E-state index in [9.17, 15) is 23.6 Å². The molecule has 2 N–H and O–H groups in total. The maximum absolute atomic E-state index is 13.5. The Kier molecular flexibility index (Phi) is 8.02. The van der Waals surface area contributed by atoms with Crippen LogP contribution in [0, 0.1) is 5.82 Å². The first kappa shape index (κ1) is 21.7. The summed E-state index contributed by atoms with van der Waals surface area (Å²) in [6, 6.07) is 13.7. The normalized spacial score (nSPS) is 11.2. The highest BCUT2D eigenvalue weighted by Gasteiger charge is 2.19. The van der Waals surface area contributed by atoms with Crippen LogP contribution < -0.4 is 10.6 Å². The van der Waals surface area contributed by atoms with Crippen molar-refractivity contribution in [3.63, 3.8) is 0 Å². The largest absolute Gasteiger partial charge is 0.454 e. The molecule has 2 aromatic rings. The molecular formula is C21H21FN2O5. The monoisotopic (exact) mass is 400 g/mol. The molecule has 2 amide bonds. The van der Waals surface area contributed by atoms with Gasteiger partial charge in [-0.3, -0.25) is 19.2 Å². The topological polar surface area (TPSA) is 102 Å². The van der Waals surface area contributed by atoms with Crippen molar-refractivity contribution in [2.45, 2.75) is 19.4 Å². The Hall–Kier alpha value is -3.55. The molecule has 0 fully saturated rings. The number of nitrogens with one attached hydrogen (secondary N) is 2. The summed E-state index contributed by atoms with van der Waals surface area (Å²) >= 11 is 0. The van der Waals surface area contributed by atoms with Crippen molar-refractivity contribution in [1.29, 1.82) is 0 Å². The number of Topliss-reactive ketones (excluding diaryl/α,β-unsaturated/α-hetero) is 1. The fraction of sp³-hybridized carbons (Fsp3) is 0.238. The number of carbonyl (C=O) groups excluding carboxylic acids is 4. The van der Waals surface area contributed by atoms with Crippen molar-refractivity contribution in [2.75, 3.05) is 13.2 Å². The van der Waals surface area contributed by atoms with Gasteiger partial charge in [-0.15, -0.1) is 0 Å². The van der Waals surface area contributed by atoms with Gasteiger partial charge in [-0.05, 0) is 31.0 Å². The maximum atomic E-state index is 13.5. The molecule has 7 nitrogen and oxygen atoms in total. The van der Waals surface area contributed by atoms with E-state index < -0.39 is 42.8 Å². The van der Waals surface area contributed by atoms with Crippen LogP contribution in [-0.2, 0) is 25.5 Å². The first-order chi connectivity index (χ1) is 13.9. The molecule has 0 aliphatic rings. The third-order valence-corrected chi connectivity index (χ3v) is 3.98. The lowest BCUT2D eigenvalue weighted by Crippen LogP contribution is -2.43. The van der Waals surface area contributed by atoms with Crippen LogP contribution in [0.3, 0.4) is 0 Å². The van der Waals surface area contributed by atoms with Crippen LogP contribution in [0.1, 0.15) is 22.8 Å². The second-order valence-corrected chi connectivity index (χ2v) is 6.24. The highest BCUT2D eigenvalue weighted by atomic mass is 19.1. The van der Waals surface area contributed by atoms with Crippen LogP contribution in [0.15, 0.2) is 54.6 Å². The van der Waals surface area contributed by atoms with Gasteiger partial charge >= 0.3 is 5.97 Å². The second kappa shape index (κ2) is 10.7. The van der Waals surface area contributed by atoms with Crippen molar-refractivity contribution in [1.82, 2.24) is 10.6 Å². The van der Waals surface area contributed by atoms with Gasteiger partial charge in [0.2, 0.25) is 0 Å². The third kappa shape index (κ3) is 7.17. The van der Waals surface area contributed by atoms with Gasteiger partial charge in [0.15, 0.2) is 12.4 Å². The predicted octanol–water partition coefficient (Wildman–Crippen LogP) is 1.42. The lowest BCUT2D eigenvalue weighted by Gasteiger charge is -2.16. The number of rotatable bonds is 9. The fourth-order valence-electron chi connectivity index (χ4n) is 2.47. The molecule has 0 heterocycles. The van der Waals surface area contributed by atoms with E-state index in [1.807, 2.05) is 30.3 Å². The first-order valence-electron chi connectivity index (χ1n) is 8.89. The van der Waals surface area contributed by atoms with E-state index in [-0.39, 0.29) is 11.3 Å². The molecule has 0 aliphatic heterocycles. The molecule has 152 valence electrons. The van der Waals surface area contributed by atoms with Gasteiger partial charge in [0.1, 0.15) is 12.4 Å². The molecule has 0 radical (unpaired) electrons. The minimum absolute atomic E-state index is 0.205. The molecule has 2 aromatic carbocycles. The predicted molar refractivity (Wildman–Crippen MR) is 102 cm³/mol. The molecular weight excluding hydrogens is 379 g/mol. The summed E-state index contributed by atoms with van der Waals surface area (Å²) in [5.74, 6) is -3.23. The average Bonchev–Trinajstić information content (AvgIpc) is 2.71. The minimum Gasteiger partial charge on any atom is -0.454 e. The maximum Gasteiger partial charge on any atom is 0.325 e. The molecule has 0 bridgehead atoms. The number of ketones is 1. The Morgan fingerprint density at radius 3 is 2.31 bits per heavy atom. The Morgan fingerprint density at radius 2 is 1.66 bits per heavy atom. The molecule has 0 aliphatic carbocycles. The van der Waals surface area contributed by atoms with Gasteiger partial charge in [-0.1, -0.05) is 42.5 Å². The van der Waals surface area contributed by atoms with Crippen LogP contribution in [0.4, 0.5) is 4.39 Å². The summed E-state index contributed by atoms with van der Waals surface area (Å²) in [5.41, 5.74) is 0.670. The molecule has 8 heteroatoms. The number of amides is 2. The van der Waals surface area contributed by atoms with Gasteiger partial charge in [0.05, 0.1) is 11.6 Å². The van der Waals surface area contributed by atoms with Gasteiger partial charge in [-0.2, -0.15) is 0 Å². The van der Waals surface area contributed by atoms with E-state index in [1.165, 1.54) is 25.1 Å². The minimum atomic E-state index is -0.868. The molecule has 0 saturated carbocycles. The van der Waals surface area contributed by atoms with E-state index in [0.717, 1.165) is 11.6 Å². The number of hydrogen-bond acceptors (Lipinski definition) is 5. The molecule has 0 spiro atoms.